The van der Waals surface area contributed by atoms with Gasteiger partial charge in [-0.25, -0.2) is 4.98 Å². The van der Waals surface area contributed by atoms with Gasteiger partial charge in [-0.2, -0.15) is 5.26 Å². The number of Topliss-reactive ketones (excluding diaryl/α,β-unsaturated/α-hetero) is 1. The first-order chi connectivity index (χ1) is 6.63. The van der Waals surface area contributed by atoms with Gasteiger partial charge in [-0.1, -0.05) is 6.58 Å². The second-order valence-electron chi connectivity index (χ2n) is 3.04. The molecule has 0 bridgehead atoms. The number of pyridine rings is 1. The zero-order valence-corrected chi connectivity index (χ0v) is 7.95. The molecule has 3 heteroatoms. The minimum Gasteiger partial charge on any atom is -0.294 e. The van der Waals surface area contributed by atoms with Crippen LogP contribution in [0.1, 0.15) is 18.2 Å². The second-order valence-corrected chi connectivity index (χ2v) is 3.04. The van der Waals surface area contributed by atoms with E-state index in [-0.39, 0.29) is 12.2 Å². The van der Waals surface area contributed by atoms with E-state index in [2.05, 4.69) is 11.6 Å². The summed E-state index contributed by atoms with van der Waals surface area (Å²) in [6.45, 7) is 5.24. The minimum atomic E-state index is -0.0138. The van der Waals surface area contributed by atoms with Crippen LogP contribution in [-0.2, 0) is 11.2 Å². The SMILES string of the molecule is C=C(C)C(=O)Cc1ccnc(C#N)c1. The van der Waals surface area contributed by atoms with Crippen LogP contribution in [0.5, 0.6) is 0 Å². The monoisotopic (exact) mass is 186 g/mol. The lowest BCUT2D eigenvalue weighted by molar-refractivity contribution is -0.114. The molecule has 14 heavy (non-hydrogen) atoms. The molecule has 1 rings (SSSR count). The quantitative estimate of drug-likeness (QED) is 0.674. The number of carbonyl (C=O) groups is 1. The van der Waals surface area contributed by atoms with Crippen molar-refractivity contribution in [1.82, 2.24) is 4.98 Å². The summed E-state index contributed by atoms with van der Waals surface area (Å²) in [4.78, 5) is 15.1. The molecule has 0 saturated heterocycles. The van der Waals surface area contributed by atoms with Crippen LogP contribution in [0.3, 0.4) is 0 Å². The van der Waals surface area contributed by atoms with Crippen molar-refractivity contribution < 1.29 is 4.79 Å². The summed E-state index contributed by atoms with van der Waals surface area (Å²) >= 11 is 0. The van der Waals surface area contributed by atoms with Crippen molar-refractivity contribution in [2.75, 3.05) is 0 Å². The Kier molecular flexibility index (Phi) is 3.14. The maximum Gasteiger partial charge on any atom is 0.162 e. The number of ketones is 1. The van der Waals surface area contributed by atoms with Crippen LogP contribution < -0.4 is 0 Å². The van der Waals surface area contributed by atoms with Crippen molar-refractivity contribution in [2.45, 2.75) is 13.3 Å². The standard InChI is InChI=1S/C11H10N2O/c1-8(2)11(14)6-9-3-4-13-10(5-9)7-12/h3-5H,1,6H2,2H3. The topological polar surface area (TPSA) is 53.8 Å². The molecule has 0 fully saturated rings. The van der Waals surface area contributed by atoms with Gasteiger partial charge in [-0.3, -0.25) is 4.79 Å². The zero-order chi connectivity index (χ0) is 10.6. The number of rotatable bonds is 3. The summed E-state index contributed by atoms with van der Waals surface area (Å²) in [5, 5.41) is 8.59. The van der Waals surface area contributed by atoms with Crippen LogP contribution in [0.2, 0.25) is 0 Å². The summed E-state index contributed by atoms with van der Waals surface area (Å²) in [7, 11) is 0. The number of allylic oxidation sites excluding steroid dienone is 1. The molecule has 3 nitrogen and oxygen atoms in total. The number of aromatic nitrogens is 1. The summed E-state index contributed by atoms with van der Waals surface area (Å²) in [5.74, 6) is -0.0138. The molecule has 0 aromatic carbocycles. The highest BCUT2D eigenvalue weighted by atomic mass is 16.1. The number of hydrogen-bond acceptors (Lipinski definition) is 3. The van der Waals surface area contributed by atoms with E-state index in [0.717, 1.165) is 5.56 Å². The third-order valence-corrected chi connectivity index (χ3v) is 1.78. The highest BCUT2D eigenvalue weighted by molar-refractivity contribution is 5.95. The van der Waals surface area contributed by atoms with Gasteiger partial charge in [0.05, 0.1) is 0 Å². The Morgan fingerprint density at radius 3 is 3.00 bits per heavy atom. The molecule has 0 aliphatic carbocycles. The normalized spacial score (nSPS) is 9.14. The van der Waals surface area contributed by atoms with Crippen molar-refractivity contribution in [1.29, 1.82) is 5.26 Å². The van der Waals surface area contributed by atoms with E-state index in [1.165, 1.54) is 6.20 Å². The average molecular weight is 186 g/mol. The number of nitriles is 1. The van der Waals surface area contributed by atoms with Gasteiger partial charge in [0, 0.05) is 12.6 Å². The van der Waals surface area contributed by atoms with Gasteiger partial charge in [0.1, 0.15) is 11.8 Å². The summed E-state index contributed by atoms with van der Waals surface area (Å²) in [6.07, 6.45) is 1.81. The first-order valence-corrected chi connectivity index (χ1v) is 4.17. The van der Waals surface area contributed by atoms with Crippen molar-refractivity contribution >= 4 is 5.78 Å². The van der Waals surface area contributed by atoms with Crippen LogP contribution in [-0.4, -0.2) is 10.8 Å². The number of carbonyl (C=O) groups excluding carboxylic acids is 1. The molecule has 0 saturated carbocycles. The maximum atomic E-state index is 11.3. The summed E-state index contributed by atoms with van der Waals surface area (Å²) in [6, 6.07) is 5.26. The molecule has 0 radical (unpaired) electrons. The highest BCUT2D eigenvalue weighted by Gasteiger charge is 2.04. The Bertz CT molecular complexity index is 416. The number of nitrogens with zero attached hydrogens (tertiary/aromatic N) is 2. The number of hydrogen-bond donors (Lipinski definition) is 0. The van der Waals surface area contributed by atoms with E-state index < -0.39 is 0 Å². The molecule has 0 aliphatic heterocycles. The van der Waals surface area contributed by atoms with Crippen LogP contribution >= 0.6 is 0 Å². The molecular weight excluding hydrogens is 176 g/mol. The van der Waals surface area contributed by atoms with Crippen molar-refractivity contribution in [2.24, 2.45) is 0 Å². The zero-order valence-electron chi connectivity index (χ0n) is 7.95. The fraction of sp³-hybridized carbons (Fsp3) is 0.182. The molecule has 0 atom stereocenters. The lowest BCUT2D eigenvalue weighted by atomic mass is 10.1. The summed E-state index contributed by atoms with van der Waals surface area (Å²) < 4.78 is 0. The van der Waals surface area contributed by atoms with E-state index in [1.54, 1.807) is 19.1 Å². The average Bonchev–Trinajstić information content (AvgIpc) is 2.18. The summed E-state index contributed by atoms with van der Waals surface area (Å²) in [5.41, 5.74) is 1.65. The Labute approximate surface area is 82.7 Å². The van der Waals surface area contributed by atoms with Gasteiger partial charge in [-0.15, -0.1) is 0 Å². The van der Waals surface area contributed by atoms with Crippen LogP contribution in [0.25, 0.3) is 0 Å². The molecule has 0 amide bonds. The van der Waals surface area contributed by atoms with Crippen LogP contribution in [0, 0.1) is 11.3 Å². The fourth-order valence-corrected chi connectivity index (χ4v) is 0.982. The first-order valence-electron chi connectivity index (χ1n) is 4.17. The molecule has 1 heterocycles. The predicted octanol–water partition coefficient (Wildman–Crippen LogP) is 1.64. The van der Waals surface area contributed by atoms with Gasteiger partial charge in [0.25, 0.3) is 0 Å². The Balaban J connectivity index is 2.83. The molecule has 1 aromatic rings. The molecular formula is C11H10N2O. The van der Waals surface area contributed by atoms with Crippen LogP contribution in [0.4, 0.5) is 0 Å². The molecule has 70 valence electrons. The molecule has 0 spiro atoms. The smallest absolute Gasteiger partial charge is 0.162 e. The Morgan fingerprint density at radius 1 is 1.71 bits per heavy atom. The lowest BCUT2D eigenvalue weighted by Crippen LogP contribution is -2.03. The highest BCUT2D eigenvalue weighted by Crippen LogP contribution is 2.05. The molecule has 1 aromatic heterocycles. The Morgan fingerprint density at radius 2 is 2.43 bits per heavy atom. The Hall–Kier alpha value is -1.95. The van der Waals surface area contributed by atoms with Gasteiger partial charge in [0.2, 0.25) is 0 Å². The lowest BCUT2D eigenvalue weighted by Gasteiger charge is -1.99. The third-order valence-electron chi connectivity index (χ3n) is 1.78. The van der Waals surface area contributed by atoms with Gasteiger partial charge in [0.15, 0.2) is 5.78 Å². The van der Waals surface area contributed by atoms with Gasteiger partial charge >= 0.3 is 0 Å². The van der Waals surface area contributed by atoms with Crippen molar-refractivity contribution in [3.8, 4) is 6.07 Å². The second kappa shape index (κ2) is 4.33. The van der Waals surface area contributed by atoms with Gasteiger partial charge < -0.3 is 0 Å². The molecule has 0 unspecified atom stereocenters. The van der Waals surface area contributed by atoms with Crippen molar-refractivity contribution in [3.63, 3.8) is 0 Å². The van der Waals surface area contributed by atoms with E-state index in [0.29, 0.717) is 11.3 Å². The van der Waals surface area contributed by atoms with Gasteiger partial charge in [-0.05, 0) is 30.2 Å². The molecule has 0 aliphatic rings. The van der Waals surface area contributed by atoms with Crippen LogP contribution in [0.15, 0.2) is 30.5 Å². The minimum absolute atomic E-state index is 0.0138. The fourth-order valence-electron chi connectivity index (χ4n) is 0.982. The predicted molar refractivity (Wildman–Crippen MR) is 52.5 cm³/mol. The third kappa shape index (κ3) is 2.53. The maximum absolute atomic E-state index is 11.3. The molecule has 0 N–H and O–H groups in total. The van der Waals surface area contributed by atoms with E-state index in [4.69, 9.17) is 5.26 Å². The van der Waals surface area contributed by atoms with E-state index >= 15 is 0 Å². The van der Waals surface area contributed by atoms with E-state index in [9.17, 15) is 4.79 Å². The van der Waals surface area contributed by atoms with E-state index in [1.807, 2.05) is 6.07 Å². The largest absolute Gasteiger partial charge is 0.294 e. The van der Waals surface area contributed by atoms with Crippen molar-refractivity contribution in [3.05, 3.63) is 41.7 Å². The first kappa shape index (κ1) is 10.1.